The van der Waals surface area contributed by atoms with Crippen LogP contribution in [0.3, 0.4) is 0 Å². The molecule has 0 bridgehead atoms. The first-order valence-corrected chi connectivity index (χ1v) is 11.7. The number of methoxy groups -OCH3 is 1. The van der Waals surface area contributed by atoms with E-state index in [1.165, 1.54) is 11.8 Å². The summed E-state index contributed by atoms with van der Waals surface area (Å²) in [6.45, 7) is 4.23. The number of pyridine rings is 1. The molecule has 0 saturated carbocycles. The average molecular weight is 457 g/mol. The average Bonchev–Trinajstić information content (AvgIpc) is 2.90. The lowest BCUT2D eigenvalue weighted by atomic mass is 9.84. The third-order valence-corrected chi connectivity index (χ3v) is 7.30. The maximum absolute atomic E-state index is 12.8. The van der Waals surface area contributed by atoms with Crippen LogP contribution in [0.1, 0.15) is 37.0 Å². The van der Waals surface area contributed by atoms with Crippen molar-refractivity contribution in [2.24, 2.45) is 0 Å². The largest absolute Gasteiger partial charge is 0.534 e. The van der Waals surface area contributed by atoms with Crippen LogP contribution >= 0.6 is 23.5 Å². The molecule has 0 aliphatic heterocycles. The minimum absolute atomic E-state index is 0.161. The Morgan fingerprint density at radius 1 is 1.36 bits per heavy atom. The highest BCUT2D eigenvalue weighted by Crippen LogP contribution is 2.47. The van der Waals surface area contributed by atoms with Gasteiger partial charge in [0.25, 0.3) is 0 Å². The van der Waals surface area contributed by atoms with E-state index in [4.69, 9.17) is 4.74 Å². The van der Waals surface area contributed by atoms with Crippen molar-refractivity contribution < 1.29 is 30.5 Å². The van der Waals surface area contributed by atoms with Crippen molar-refractivity contribution in [3.63, 3.8) is 0 Å². The van der Waals surface area contributed by atoms with Crippen molar-refractivity contribution in [1.29, 1.82) is 5.26 Å². The van der Waals surface area contributed by atoms with Crippen LogP contribution in [0.25, 0.3) is 0 Å². The predicted octanol–water partition coefficient (Wildman–Crippen LogP) is 3.83. The fourth-order valence-corrected chi connectivity index (χ4v) is 5.26. The minimum Gasteiger partial charge on any atom is -0.384 e. The van der Waals surface area contributed by atoms with Gasteiger partial charge in [-0.05, 0) is 23.8 Å². The van der Waals surface area contributed by atoms with Gasteiger partial charge >= 0.3 is 15.6 Å². The van der Waals surface area contributed by atoms with Crippen molar-refractivity contribution in [3.05, 3.63) is 16.7 Å². The predicted molar refractivity (Wildman–Crippen MR) is 101 cm³/mol. The molecule has 6 nitrogen and oxygen atoms in total. The lowest BCUT2D eigenvalue weighted by Crippen LogP contribution is -2.29. The lowest BCUT2D eigenvalue weighted by molar-refractivity contribution is -0.0501. The van der Waals surface area contributed by atoms with E-state index in [1.54, 1.807) is 7.11 Å². The van der Waals surface area contributed by atoms with Crippen LogP contribution in [0.15, 0.2) is 5.03 Å². The van der Waals surface area contributed by atoms with Crippen molar-refractivity contribution in [2.75, 3.05) is 24.6 Å². The van der Waals surface area contributed by atoms with Crippen LogP contribution in [-0.4, -0.2) is 43.5 Å². The molecule has 1 aromatic heterocycles. The van der Waals surface area contributed by atoms with Gasteiger partial charge in [-0.1, -0.05) is 25.6 Å². The summed E-state index contributed by atoms with van der Waals surface area (Å²) in [5.74, 6) is 0.0921. The number of nitrogens with zero attached hydrogens (tertiary/aromatic N) is 2. The molecule has 0 amide bonds. The molecule has 1 aromatic rings. The summed E-state index contributed by atoms with van der Waals surface area (Å²) in [6, 6.07) is 2.08. The number of aromatic nitrogens is 1. The Morgan fingerprint density at radius 3 is 2.61 bits per heavy atom. The van der Waals surface area contributed by atoms with Gasteiger partial charge in [-0.15, -0.1) is 11.8 Å². The Bertz CT molecular complexity index is 881. The normalized spacial score (nSPS) is 15.9. The van der Waals surface area contributed by atoms with Crippen LogP contribution in [-0.2, 0) is 26.7 Å². The van der Waals surface area contributed by atoms with E-state index in [0.29, 0.717) is 29.4 Å². The molecular weight excluding hydrogens is 437 g/mol. The van der Waals surface area contributed by atoms with Gasteiger partial charge in [0.15, 0.2) is 0 Å². The molecule has 28 heavy (non-hydrogen) atoms. The number of alkyl halides is 3. The summed E-state index contributed by atoms with van der Waals surface area (Å²) in [5, 5.41) is 10.3. The molecule has 12 heteroatoms. The lowest BCUT2D eigenvalue weighted by Gasteiger charge is -2.22. The van der Waals surface area contributed by atoms with Gasteiger partial charge < -0.3 is 8.92 Å². The molecule has 0 unspecified atom stereocenters. The van der Waals surface area contributed by atoms with Gasteiger partial charge in [0.05, 0.1) is 12.2 Å². The molecular formula is C16H19F3N2O4S3. The molecule has 0 radical (unpaired) electrons. The number of rotatable bonds is 8. The van der Waals surface area contributed by atoms with Crippen LogP contribution < -0.4 is 4.18 Å². The maximum Gasteiger partial charge on any atom is 0.534 e. The summed E-state index contributed by atoms with van der Waals surface area (Å²) in [4.78, 5) is 3.99. The number of fused-ring (bicyclic) bond motifs is 1. The second-order valence-corrected chi connectivity index (χ2v) is 10.6. The third kappa shape index (κ3) is 4.87. The van der Waals surface area contributed by atoms with Crippen LogP contribution in [0.4, 0.5) is 13.2 Å². The molecule has 2 rings (SSSR count). The molecule has 0 aromatic carbocycles. The molecule has 0 N–H and O–H groups in total. The van der Waals surface area contributed by atoms with Crippen LogP contribution in [0.2, 0.25) is 0 Å². The van der Waals surface area contributed by atoms with E-state index in [-0.39, 0.29) is 22.6 Å². The molecule has 1 heterocycles. The monoisotopic (exact) mass is 456 g/mol. The highest BCUT2D eigenvalue weighted by atomic mass is 32.2. The first-order valence-electron chi connectivity index (χ1n) is 8.12. The zero-order valence-electron chi connectivity index (χ0n) is 15.4. The van der Waals surface area contributed by atoms with Crippen molar-refractivity contribution >= 4 is 33.6 Å². The summed E-state index contributed by atoms with van der Waals surface area (Å²) in [6.07, 6.45) is 0.818. The fourth-order valence-electron chi connectivity index (χ4n) is 2.85. The smallest absolute Gasteiger partial charge is 0.384 e. The molecule has 156 valence electrons. The summed E-state index contributed by atoms with van der Waals surface area (Å²) in [7, 11) is -4.29. The Kier molecular flexibility index (Phi) is 7.17. The zero-order chi connectivity index (χ0) is 21.2. The van der Waals surface area contributed by atoms with Crippen molar-refractivity contribution in [3.8, 4) is 11.9 Å². The SMILES string of the molecule is COCCSCSc1nc(OS(=O)(=O)C(F)(F)F)c2c(c1C#N)C(C)(C)CC2. The number of hydrogen-bond donors (Lipinski definition) is 0. The molecule has 0 atom stereocenters. The van der Waals surface area contributed by atoms with Gasteiger partial charge in [-0.25, -0.2) is 4.98 Å². The number of thioether (sulfide) groups is 2. The van der Waals surface area contributed by atoms with Crippen molar-refractivity contribution in [1.82, 2.24) is 4.98 Å². The van der Waals surface area contributed by atoms with Gasteiger partial charge in [-0.2, -0.15) is 26.9 Å². The van der Waals surface area contributed by atoms with Crippen LogP contribution in [0, 0.1) is 11.3 Å². The third-order valence-electron chi connectivity index (χ3n) is 4.20. The quantitative estimate of drug-likeness (QED) is 0.192. The van der Waals surface area contributed by atoms with Crippen LogP contribution in [0.5, 0.6) is 5.88 Å². The maximum atomic E-state index is 12.8. The zero-order valence-corrected chi connectivity index (χ0v) is 17.9. The van der Waals surface area contributed by atoms with E-state index >= 15 is 0 Å². The van der Waals surface area contributed by atoms with E-state index in [0.717, 1.165) is 11.8 Å². The Labute approximate surface area is 170 Å². The van der Waals surface area contributed by atoms with Gasteiger partial charge in [-0.3, -0.25) is 0 Å². The van der Waals surface area contributed by atoms with Crippen molar-refractivity contribution in [2.45, 2.75) is 42.6 Å². The molecule has 0 spiro atoms. The fraction of sp³-hybridized carbons (Fsp3) is 0.625. The summed E-state index contributed by atoms with van der Waals surface area (Å²) >= 11 is 2.65. The molecule has 1 aliphatic carbocycles. The highest BCUT2D eigenvalue weighted by molar-refractivity contribution is 8.16. The first kappa shape index (κ1) is 23.1. The van der Waals surface area contributed by atoms with E-state index in [9.17, 15) is 26.9 Å². The first-order chi connectivity index (χ1) is 12.9. The Morgan fingerprint density at radius 2 is 2.04 bits per heavy atom. The standard InChI is InChI=1S/C16H19F3N2O4S3/c1-15(2)5-4-10-12(15)11(8-20)14(27-9-26-7-6-24-3)21-13(10)25-28(22,23)16(17,18)19/h4-7,9H2,1-3H3. The number of halogens is 3. The molecule has 0 saturated heterocycles. The number of ether oxygens (including phenoxy) is 1. The molecule has 0 fully saturated rings. The second-order valence-electron chi connectivity index (χ2n) is 6.59. The number of nitriles is 1. The van der Waals surface area contributed by atoms with E-state index in [2.05, 4.69) is 15.2 Å². The summed E-state index contributed by atoms with van der Waals surface area (Å²) in [5.41, 5.74) is -5.08. The molecule has 1 aliphatic rings. The topological polar surface area (TPSA) is 89.3 Å². The summed E-state index contributed by atoms with van der Waals surface area (Å²) < 4.78 is 70.7. The van der Waals surface area contributed by atoms with Gasteiger partial charge in [0.2, 0.25) is 5.88 Å². The Balaban J connectivity index is 2.48. The van der Waals surface area contributed by atoms with E-state index in [1.807, 2.05) is 13.8 Å². The van der Waals surface area contributed by atoms with Gasteiger partial charge in [0.1, 0.15) is 11.1 Å². The van der Waals surface area contributed by atoms with Gasteiger partial charge in [0, 0.05) is 23.5 Å². The highest BCUT2D eigenvalue weighted by Gasteiger charge is 2.50. The van der Waals surface area contributed by atoms with E-state index < -0.39 is 26.9 Å². The minimum atomic E-state index is -5.85. The second kappa shape index (κ2) is 8.69. The Hall–Kier alpha value is -1.16. The number of hydrogen-bond acceptors (Lipinski definition) is 8.